The van der Waals surface area contributed by atoms with Crippen molar-refractivity contribution >= 4 is 17.7 Å². The molecular weight excluding hydrogens is 262 g/mol. The molecule has 0 saturated carbocycles. The van der Waals surface area contributed by atoms with Crippen molar-refractivity contribution in [2.75, 3.05) is 11.9 Å². The minimum absolute atomic E-state index is 0.0694. The van der Waals surface area contributed by atoms with Crippen LogP contribution in [0.4, 0.5) is 10.5 Å². The normalized spacial score (nSPS) is 10.1. The number of ether oxygens (including phenoxy) is 1. The van der Waals surface area contributed by atoms with Gasteiger partial charge in [-0.2, -0.15) is 4.68 Å². The molecular formula is C13H13N3O4. The first kappa shape index (κ1) is 13.6. The summed E-state index contributed by atoms with van der Waals surface area (Å²) < 4.78 is 5.45. The molecule has 1 amide bonds. The van der Waals surface area contributed by atoms with Gasteiger partial charge in [0.05, 0.1) is 6.61 Å². The van der Waals surface area contributed by atoms with Crippen molar-refractivity contribution < 1.29 is 14.3 Å². The van der Waals surface area contributed by atoms with Crippen LogP contribution >= 0.6 is 0 Å². The lowest BCUT2D eigenvalue weighted by Crippen LogP contribution is -2.29. The van der Waals surface area contributed by atoms with Gasteiger partial charge in [-0.05, 0) is 19.1 Å². The SMILES string of the molecule is CCOC(=O)c1cc(=O)n(C(=O)Nc2ccccc2)[nH]1. The summed E-state index contributed by atoms with van der Waals surface area (Å²) in [6.45, 7) is 1.83. The van der Waals surface area contributed by atoms with Crippen LogP contribution in [0.2, 0.25) is 0 Å². The topological polar surface area (TPSA) is 93.2 Å². The molecule has 1 aromatic heterocycles. The van der Waals surface area contributed by atoms with E-state index in [-0.39, 0.29) is 12.3 Å². The number of hydrogen-bond acceptors (Lipinski definition) is 4. The average Bonchev–Trinajstić information content (AvgIpc) is 2.82. The Kier molecular flexibility index (Phi) is 3.99. The van der Waals surface area contributed by atoms with Gasteiger partial charge in [-0.15, -0.1) is 0 Å². The first-order valence-corrected chi connectivity index (χ1v) is 5.97. The van der Waals surface area contributed by atoms with Gasteiger partial charge in [0, 0.05) is 11.8 Å². The highest BCUT2D eigenvalue weighted by molar-refractivity contribution is 5.92. The van der Waals surface area contributed by atoms with E-state index in [1.807, 2.05) is 0 Å². The van der Waals surface area contributed by atoms with Gasteiger partial charge in [-0.1, -0.05) is 18.2 Å². The maximum Gasteiger partial charge on any atom is 0.356 e. The van der Waals surface area contributed by atoms with E-state index in [1.54, 1.807) is 37.3 Å². The number of aromatic amines is 1. The lowest BCUT2D eigenvalue weighted by atomic mass is 10.3. The van der Waals surface area contributed by atoms with Crippen LogP contribution in [0.25, 0.3) is 0 Å². The van der Waals surface area contributed by atoms with Crippen LogP contribution in [0.5, 0.6) is 0 Å². The summed E-state index contributed by atoms with van der Waals surface area (Å²) >= 11 is 0. The van der Waals surface area contributed by atoms with Gasteiger partial charge in [-0.25, -0.2) is 9.59 Å². The van der Waals surface area contributed by atoms with Crippen LogP contribution < -0.4 is 10.9 Å². The monoisotopic (exact) mass is 275 g/mol. The standard InChI is InChI=1S/C13H13N3O4/c1-2-20-12(18)10-8-11(17)16(15-10)13(19)14-9-6-4-3-5-7-9/h3-8,15H,2H2,1H3,(H,14,19). The maximum absolute atomic E-state index is 11.9. The van der Waals surface area contributed by atoms with Gasteiger partial charge in [0.25, 0.3) is 5.56 Å². The Morgan fingerprint density at radius 1 is 1.30 bits per heavy atom. The van der Waals surface area contributed by atoms with Crippen LogP contribution in [-0.4, -0.2) is 28.4 Å². The fraction of sp³-hybridized carbons (Fsp3) is 0.154. The number of aromatic nitrogens is 2. The summed E-state index contributed by atoms with van der Waals surface area (Å²) in [4.78, 5) is 35.0. The Morgan fingerprint density at radius 2 is 2.00 bits per heavy atom. The van der Waals surface area contributed by atoms with Crippen molar-refractivity contribution in [2.45, 2.75) is 6.92 Å². The highest BCUT2D eigenvalue weighted by Crippen LogP contribution is 2.05. The van der Waals surface area contributed by atoms with E-state index in [4.69, 9.17) is 4.74 Å². The number of H-pyrrole nitrogens is 1. The number of nitrogens with one attached hydrogen (secondary N) is 2. The second-order valence-corrected chi connectivity index (χ2v) is 3.86. The first-order chi connectivity index (χ1) is 9.61. The Hall–Kier alpha value is -2.83. The molecule has 0 bridgehead atoms. The Labute approximate surface area is 114 Å². The third-order valence-corrected chi connectivity index (χ3v) is 2.44. The third-order valence-electron chi connectivity index (χ3n) is 2.44. The maximum atomic E-state index is 11.9. The number of benzene rings is 1. The van der Waals surface area contributed by atoms with E-state index in [0.29, 0.717) is 10.4 Å². The molecule has 20 heavy (non-hydrogen) atoms. The van der Waals surface area contributed by atoms with Crippen molar-refractivity contribution in [1.82, 2.24) is 9.78 Å². The van der Waals surface area contributed by atoms with Crippen LogP contribution in [0.15, 0.2) is 41.2 Å². The fourth-order valence-electron chi connectivity index (χ4n) is 1.56. The fourth-order valence-corrected chi connectivity index (χ4v) is 1.56. The second-order valence-electron chi connectivity index (χ2n) is 3.86. The Bertz CT molecular complexity index is 672. The molecule has 1 aromatic carbocycles. The summed E-state index contributed by atoms with van der Waals surface area (Å²) in [6, 6.07) is 8.99. The second kappa shape index (κ2) is 5.87. The van der Waals surface area contributed by atoms with Gasteiger partial charge >= 0.3 is 12.0 Å². The highest BCUT2D eigenvalue weighted by atomic mass is 16.5. The quantitative estimate of drug-likeness (QED) is 0.829. The zero-order chi connectivity index (χ0) is 14.5. The number of rotatable bonds is 3. The van der Waals surface area contributed by atoms with Crippen molar-refractivity contribution in [2.24, 2.45) is 0 Å². The van der Waals surface area contributed by atoms with E-state index in [2.05, 4.69) is 10.4 Å². The molecule has 2 aromatic rings. The number of carbonyl (C=O) groups is 2. The van der Waals surface area contributed by atoms with Crippen molar-refractivity contribution in [3.8, 4) is 0 Å². The van der Waals surface area contributed by atoms with E-state index in [1.165, 1.54) is 0 Å². The summed E-state index contributed by atoms with van der Waals surface area (Å²) in [5.74, 6) is -0.684. The van der Waals surface area contributed by atoms with Gasteiger partial charge in [-0.3, -0.25) is 9.89 Å². The molecule has 0 fully saturated rings. The highest BCUT2D eigenvalue weighted by Gasteiger charge is 2.15. The molecule has 0 saturated heterocycles. The van der Waals surface area contributed by atoms with E-state index in [0.717, 1.165) is 6.07 Å². The van der Waals surface area contributed by atoms with Crippen LogP contribution in [0, 0.1) is 0 Å². The van der Waals surface area contributed by atoms with Crippen molar-refractivity contribution in [1.29, 1.82) is 0 Å². The van der Waals surface area contributed by atoms with Crippen LogP contribution in [-0.2, 0) is 4.74 Å². The number of carbonyl (C=O) groups excluding carboxylic acids is 2. The smallest absolute Gasteiger partial charge is 0.356 e. The number of anilines is 1. The zero-order valence-corrected chi connectivity index (χ0v) is 10.8. The minimum atomic E-state index is -0.684. The predicted molar refractivity (Wildman–Crippen MR) is 71.9 cm³/mol. The zero-order valence-electron chi connectivity index (χ0n) is 10.8. The Balaban J connectivity index is 2.19. The molecule has 0 radical (unpaired) electrons. The largest absolute Gasteiger partial charge is 0.461 e. The lowest BCUT2D eigenvalue weighted by Gasteiger charge is -2.04. The molecule has 0 aliphatic heterocycles. The number of nitrogens with zero attached hydrogens (tertiary/aromatic N) is 1. The molecule has 0 unspecified atom stereocenters. The van der Waals surface area contributed by atoms with E-state index < -0.39 is 17.6 Å². The molecule has 0 aliphatic rings. The third kappa shape index (κ3) is 2.94. The van der Waals surface area contributed by atoms with E-state index >= 15 is 0 Å². The predicted octanol–water partition coefficient (Wildman–Crippen LogP) is 1.43. The molecule has 2 rings (SSSR count). The van der Waals surface area contributed by atoms with Crippen molar-refractivity contribution in [3.05, 3.63) is 52.4 Å². The summed E-state index contributed by atoms with van der Waals surface area (Å²) in [5, 5.41) is 4.93. The average molecular weight is 275 g/mol. The minimum Gasteiger partial charge on any atom is -0.461 e. The molecule has 0 aliphatic carbocycles. The number of hydrogen-bond donors (Lipinski definition) is 2. The Morgan fingerprint density at radius 3 is 2.65 bits per heavy atom. The summed E-state index contributed by atoms with van der Waals surface area (Å²) in [7, 11) is 0. The van der Waals surface area contributed by atoms with E-state index in [9.17, 15) is 14.4 Å². The molecule has 7 nitrogen and oxygen atoms in total. The summed E-state index contributed by atoms with van der Waals surface area (Å²) in [5.41, 5.74) is -0.168. The van der Waals surface area contributed by atoms with Crippen LogP contribution in [0.3, 0.4) is 0 Å². The number of amides is 1. The number of para-hydroxylation sites is 1. The van der Waals surface area contributed by atoms with Gasteiger partial charge < -0.3 is 10.1 Å². The molecule has 2 N–H and O–H groups in total. The molecule has 7 heteroatoms. The first-order valence-electron chi connectivity index (χ1n) is 5.97. The van der Waals surface area contributed by atoms with Gasteiger partial charge in [0.2, 0.25) is 0 Å². The molecule has 104 valence electrons. The van der Waals surface area contributed by atoms with Crippen LogP contribution in [0.1, 0.15) is 17.4 Å². The summed E-state index contributed by atoms with van der Waals surface area (Å²) in [6.07, 6.45) is 0. The molecule has 0 atom stereocenters. The van der Waals surface area contributed by atoms with Gasteiger partial charge in [0.1, 0.15) is 5.69 Å². The molecule has 0 spiro atoms. The number of esters is 1. The van der Waals surface area contributed by atoms with Gasteiger partial charge in [0.15, 0.2) is 0 Å². The van der Waals surface area contributed by atoms with Crippen molar-refractivity contribution in [3.63, 3.8) is 0 Å². The lowest BCUT2D eigenvalue weighted by molar-refractivity contribution is 0.0519. The molecule has 1 heterocycles.